The van der Waals surface area contributed by atoms with Crippen molar-refractivity contribution in [2.24, 2.45) is 22.2 Å². The van der Waals surface area contributed by atoms with Crippen LogP contribution >= 0.6 is 0 Å². The average molecular weight is 462 g/mol. The topological polar surface area (TPSA) is 136 Å². The van der Waals surface area contributed by atoms with Gasteiger partial charge in [-0.25, -0.2) is 4.79 Å². The normalized spacial score (nSPS) is 47.0. The second kappa shape index (κ2) is 6.90. The van der Waals surface area contributed by atoms with Crippen LogP contribution in [0.2, 0.25) is 0 Å². The summed E-state index contributed by atoms with van der Waals surface area (Å²) in [6, 6.07) is 1.74. The van der Waals surface area contributed by atoms with Crippen molar-refractivity contribution in [3.63, 3.8) is 0 Å². The Kier molecular flexibility index (Phi) is 4.71. The van der Waals surface area contributed by atoms with Crippen LogP contribution in [0.5, 0.6) is 0 Å². The lowest BCUT2D eigenvalue weighted by atomic mass is 9.39. The van der Waals surface area contributed by atoms with Gasteiger partial charge in [0.05, 0.1) is 32.2 Å². The Hall–Kier alpha value is -2.23. The summed E-state index contributed by atoms with van der Waals surface area (Å²) in [6.45, 7) is 5.52. The highest BCUT2D eigenvalue weighted by molar-refractivity contribution is 5.88. The third-order valence-electron chi connectivity index (χ3n) is 9.39. The monoisotopic (exact) mass is 462 g/mol. The molecule has 4 fully saturated rings. The van der Waals surface area contributed by atoms with Gasteiger partial charge < -0.3 is 28.8 Å². The van der Waals surface area contributed by atoms with Crippen molar-refractivity contribution in [1.82, 2.24) is 0 Å². The number of Topliss-reactive ketones (excluding diaryl/α,β-unsaturated/α-hetero) is 1. The van der Waals surface area contributed by atoms with Gasteiger partial charge in [0.1, 0.15) is 17.8 Å². The van der Waals surface area contributed by atoms with E-state index in [1.165, 1.54) is 19.6 Å². The molecule has 1 spiro atoms. The molecule has 0 radical (unpaired) electrons. The van der Waals surface area contributed by atoms with E-state index in [4.69, 9.17) is 18.6 Å². The third-order valence-corrected chi connectivity index (χ3v) is 9.39. The molecule has 3 heterocycles. The fraction of sp³-hybridized carbons (Fsp3) is 0.708. The van der Waals surface area contributed by atoms with Crippen LogP contribution in [0.25, 0.3) is 0 Å². The van der Waals surface area contributed by atoms with Gasteiger partial charge in [0, 0.05) is 28.2 Å². The highest BCUT2D eigenvalue weighted by atomic mass is 16.7. The van der Waals surface area contributed by atoms with Gasteiger partial charge in [0.25, 0.3) is 0 Å². The van der Waals surface area contributed by atoms with Crippen LogP contribution < -0.4 is 0 Å². The van der Waals surface area contributed by atoms with Crippen LogP contribution in [0.1, 0.15) is 58.1 Å². The molecule has 2 unspecified atom stereocenters. The van der Waals surface area contributed by atoms with Crippen LogP contribution in [0.4, 0.5) is 0 Å². The number of fused-ring (bicyclic) bond motifs is 1. The summed E-state index contributed by atoms with van der Waals surface area (Å²) in [5, 5.41) is 22.5. The molecule has 0 bridgehead atoms. The van der Waals surface area contributed by atoms with Gasteiger partial charge in [-0.05, 0) is 24.8 Å². The summed E-state index contributed by atoms with van der Waals surface area (Å²) in [5.41, 5.74) is -3.42. The number of epoxide rings is 1. The summed E-state index contributed by atoms with van der Waals surface area (Å²) in [4.78, 5) is 38.1. The minimum absolute atomic E-state index is 0.0837. The molecule has 9 heteroatoms. The Bertz CT molecular complexity index is 1000. The Morgan fingerprint density at radius 3 is 2.64 bits per heavy atom. The molecule has 4 aliphatic rings. The van der Waals surface area contributed by atoms with Crippen LogP contribution in [0, 0.1) is 22.2 Å². The summed E-state index contributed by atoms with van der Waals surface area (Å²) >= 11 is 0. The van der Waals surface area contributed by atoms with Gasteiger partial charge in [-0.1, -0.05) is 20.8 Å². The summed E-state index contributed by atoms with van der Waals surface area (Å²) < 4.78 is 22.0. The standard InChI is InChI=1S/C24H30O9/c1-21(15(26)9-16(27)30-4)10-13(25)17(28)23(3)14(21)5-7-22(2)18(12-6-8-31-11-12)32-20(29)19-24(22,23)33-19/h6,8,11,14-15,17-19,26,28H,5,7,9-10H2,1-4H3/t14?,15-,17?,18-,19+,21-,22-,23-,24+/m0/s1. The van der Waals surface area contributed by atoms with Gasteiger partial charge >= 0.3 is 11.9 Å². The summed E-state index contributed by atoms with van der Waals surface area (Å²) in [7, 11) is 1.24. The molecule has 2 N–H and O–H groups in total. The van der Waals surface area contributed by atoms with Gasteiger partial charge in [0.15, 0.2) is 11.9 Å². The highest BCUT2D eigenvalue weighted by Gasteiger charge is 2.88. The number of ether oxygens (including phenoxy) is 3. The minimum Gasteiger partial charge on any atom is -0.472 e. The Morgan fingerprint density at radius 2 is 2.00 bits per heavy atom. The molecule has 0 aromatic carbocycles. The van der Waals surface area contributed by atoms with Crippen LogP contribution in [0.15, 0.2) is 23.0 Å². The van der Waals surface area contributed by atoms with Crippen molar-refractivity contribution < 1.29 is 43.2 Å². The first-order valence-corrected chi connectivity index (χ1v) is 11.3. The van der Waals surface area contributed by atoms with E-state index in [1.54, 1.807) is 19.9 Å². The molecule has 180 valence electrons. The molecule has 33 heavy (non-hydrogen) atoms. The van der Waals surface area contributed by atoms with Crippen LogP contribution in [-0.4, -0.2) is 59.0 Å². The number of hydrogen-bond donors (Lipinski definition) is 2. The predicted octanol–water partition coefficient (Wildman–Crippen LogP) is 1.70. The molecule has 1 aromatic rings. The molecule has 1 aromatic heterocycles. The first-order chi connectivity index (χ1) is 15.5. The smallest absolute Gasteiger partial charge is 0.339 e. The van der Waals surface area contributed by atoms with Gasteiger partial charge in [-0.2, -0.15) is 0 Å². The Labute approximate surface area is 191 Å². The van der Waals surface area contributed by atoms with Gasteiger partial charge in [-0.15, -0.1) is 0 Å². The number of carbonyl (C=O) groups excluding carboxylic acids is 3. The first-order valence-electron chi connectivity index (χ1n) is 11.3. The van der Waals surface area contributed by atoms with E-state index in [0.29, 0.717) is 18.4 Å². The number of esters is 2. The van der Waals surface area contributed by atoms with E-state index in [1.807, 2.05) is 6.92 Å². The second-order valence-corrected chi connectivity index (χ2v) is 10.7. The average Bonchev–Trinajstić information content (AvgIpc) is 3.34. The highest BCUT2D eigenvalue weighted by Crippen LogP contribution is 2.77. The molecule has 2 saturated heterocycles. The second-order valence-electron chi connectivity index (χ2n) is 10.7. The number of aliphatic hydroxyl groups is 2. The lowest BCUT2D eigenvalue weighted by Crippen LogP contribution is -2.72. The zero-order chi connectivity index (χ0) is 24.0. The SMILES string of the molecule is COC(=O)C[C@H](O)[C@@]1(C)CC(=O)C(O)[C@]2(C)C1CC[C@@]1(C)[C@H](c3ccoc3)OC(=O)[C@H]3O[C@@]321. The number of ketones is 1. The fourth-order valence-electron chi connectivity index (χ4n) is 7.67. The van der Waals surface area contributed by atoms with E-state index in [2.05, 4.69) is 0 Å². The number of cyclic esters (lactones) is 1. The van der Waals surface area contributed by atoms with Crippen molar-refractivity contribution in [2.75, 3.05) is 7.11 Å². The molecular weight excluding hydrogens is 432 g/mol. The summed E-state index contributed by atoms with van der Waals surface area (Å²) in [6.07, 6.45) is -0.352. The van der Waals surface area contributed by atoms with Gasteiger partial charge in [-0.3, -0.25) is 9.59 Å². The molecule has 0 amide bonds. The maximum absolute atomic E-state index is 13.2. The molecule has 9 nitrogen and oxygen atoms in total. The largest absolute Gasteiger partial charge is 0.472 e. The lowest BCUT2D eigenvalue weighted by Gasteiger charge is -2.65. The van der Waals surface area contributed by atoms with Crippen molar-refractivity contribution in [2.45, 2.75) is 76.5 Å². The van der Waals surface area contributed by atoms with Crippen LogP contribution in [-0.2, 0) is 28.6 Å². The zero-order valence-corrected chi connectivity index (χ0v) is 19.2. The maximum atomic E-state index is 13.2. The number of furan rings is 1. The molecule has 5 rings (SSSR count). The van der Waals surface area contributed by atoms with E-state index in [9.17, 15) is 24.6 Å². The number of methoxy groups -OCH3 is 1. The van der Waals surface area contributed by atoms with E-state index in [0.717, 1.165) is 0 Å². The molecule has 2 saturated carbocycles. The van der Waals surface area contributed by atoms with Crippen molar-refractivity contribution in [3.8, 4) is 0 Å². The number of aliphatic hydroxyl groups excluding tert-OH is 2. The minimum atomic E-state index is -1.39. The van der Waals surface area contributed by atoms with Crippen molar-refractivity contribution in [3.05, 3.63) is 24.2 Å². The number of rotatable bonds is 4. The number of hydrogen-bond acceptors (Lipinski definition) is 9. The fourth-order valence-corrected chi connectivity index (χ4v) is 7.67. The van der Waals surface area contributed by atoms with E-state index >= 15 is 0 Å². The van der Waals surface area contributed by atoms with E-state index < -0.39 is 69.9 Å². The quantitative estimate of drug-likeness (QED) is 0.506. The third kappa shape index (κ3) is 2.56. The number of carbonyl (C=O) groups is 3. The lowest BCUT2D eigenvalue weighted by molar-refractivity contribution is -0.239. The van der Waals surface area contributed by atoms with Crippen molar-refractivity contribution >= 4 is 17.7 Å². The first kappa shape index (κ1) is 22.6. The zero-order valence-electron chi connectivity index (χ0n) is 19.2. The van der Waals surface area contributed by atoms with Crippen molar-refractivity contribution in [1.29, 1.82) is 0 Å². The predicted molar refractivity (Wildman–Crippen MR) is 110 cm³/mol. The van der Waals surface area contributed by atoms with Gasteiger partial charge in [0.2, 0.25) is 0 Å². The summed E-state index contributed by atoms with van der Waals surface area (Å²) in [5.74, 6) is -1.95. The molecule has 2 aliphatic carbocycles. The molecular formula is C24H30O9. The van der Waals surface area contributed by atoms with E-state index in [-0.39, 0.29) is 12.8 Å². The van der Waals surface area contributed by atoms with Crippen LogP contribution in [0.3, 0.4) is 0 Å². The Balaban J connectivity index is 1.63. The Morgan fingerprint density at radius 1 is 1.27 bits per heavy atom. The maximum Gasteiger partial charge on any atom is 0.339 e. The molecule has 2 aliphatic heterocycles. The molecule has 9 atom stereocenters.